The van der Waals surface area contributed by atoms with Crippen molar-refractivity contribution in [3.8, 4) is 28.4 Å². The van der Waals surface area contributed by atoms with Crippen molar-refractivity contribution in [1.82, 2.24) is 9.55 Å². The van der Waals surface area contributed by atoms with Gasteiger partial charge in [0.25, 0.3) is 0 Å². The zero-order valence-electron chi connectivity index (χ0n) is 21.7. The number of aromatic nitrogens is 2. The van der Waals surface area contributed by atoms with Gasteiger partial charge in [-0.05, 0) is 58.8 Å². The van der Waals surface area contributed by atoms with Crippen molar-refractivity contribution in [3.05, 3.63) is 94.4 Å². The minimum atomic E-state index is -0.714. The van der Waals surface area contributed by atoms with Crippen molar-refractivity contribution in [3.63, 3.8) is 0 Å². The molecule has 196 valence electrons. The molecule has 9 nitrogen and oxygen atoms in total. The van der Waals surface area contributed by atoms with Crippen LogP contribution < -0.4 is 14.9 Å². The first kappa shape index (κ1) is 25.5. The predicted molar refractivity (Wildman–Crippen MR) is 146 cm³/mol. The molecule has 0 unspecified atom stereocenters. The molecule has 0 fully saturated rings. The number of hydrogen-bond donors (Lipinski definition) is 0. The highest BCUT2D eigenvalue weighted by molar-refractivity contribution is 6.16. The van der Waals surface area contributed by atoms with Gasteiger partial charge in [0.1, 0.15) is 5.82 Å². The highest BCUT2D eigenvalue weighted by Gasteiger charge is 2.27. The fraction of sp³-hybridized carbons (Fsp3) is 0.133. The van der Waals surface area contributed by atoms with Gasteiger partial charge in [0, 0.05) is 29.4 Å². The Morgan fingerprint density at radius 1 is 0.795 bits per heavy atom. The summed E-state index contributed by atoms with van der Waals surface area (Å²) in [4.78, 5) is 43.1. The van der Waals surface area contributed by atoms with E-state index in [-0.39, 0.29) is 16.6 Å². The molecule has 2 heterocycles. The molecule has 0 radical (unpaired) electrons. The lowest BCUT2D eigenvalue weighted by atomic mass is 9.89. The Morgan fingerprint density at radius 3 is 2.23 bits per heavy atom. The molecule has 0 aliphatic carbocycles. The zero-order valence-corrected chi connectivity index (χ0v) is 21.7. The maximum atomic E-state index is 13.2. The first-order valence-electron chi connectivity index (χ1n) is 11.9. The van der Waals surface area contributed by atoms with Gasteiger partial charge in [0.05, 0.1) is 45.1 Å². The van der Waals surface area contributed by atoms with Crippen molar-refractivity contribution >= 4 is 33.6 Å². The second-order valence-electron chi connectivity index (χ2n) is 8.56. The summed E-state index contributed by atoms with van der Waals surface area (Å²) in [6.45, 7) is 0. The molecule has 3 aromatic carbocycles. The van der Waals surface area contributed by atoms with E-state index in [2.05, 4.69) is 4.98 Å². The summed E-state index contributed by atoms with van der Waals surface area (Å²) < 4.78 is 22.9. The monoisotopic (exact) mass is 524 g/mol. The third-order valence-corrected chi connectivity index (χ3v) is 6.52. The van der Waals surface area contributed by atoms with E-state index in [9.17, 15) is 14.4 Å². The van der Waals surface area contributed by atoms with Crippen LogP contribution in [0.1, 0.15) is 20.7 Å². The van der Waals surface area contributed by atoms with Crippen LogP contribution in [-0.4, -0.2) is 49.9 Å². The van der Waals surface area contributed by atoms with E-state index in [1.54, 1.807) is 59.4 Å². The largest absolute Gasteiger partial charge is 0.493 e. The smallest absolute Gasteiger partial charge is 0.339 e. The number of nitrogens with zero attached hydrogens (tertiary/aromatic N) is 2. The van der Waals surface area contributed by atoms with Gasteiger partial charge in [-0.25, -0.2) is 14.6 Å². The molecular weight excluding hydrogens is 500 g/mol. The van der Waals surface area contributed by atoms with Crippen LogP contribution in [0.4, 0.5) is 0 Å². The molecule has 0 bridgehead atoms. The molecular formula is C30H24N2O7. The minimum absolute atomic E-state index is 0.0333. The molecule has 0 saturated heterocycles. The van der Waals surface area contributed by atoms with Gasteiger partial charge in [-0.15, -0.1) is 0 Å². The van der Waals surface area contributed by atoms with Crippen molar-refractivity contribution in [1.29, 1.82) is 0 Å². The van der Waals surface area contributed by atoms with Gasteiger partial charge in [0.15, 0.2) is 16.9 Å². The minimum Gasteiger partial charge on any atom is -0.493 e. The molecule has 0 aliphatic heterocycles. The summed E-state index contributed by atoms with van der Waals surface area (Å²) in [5.41, 5.74) is 1.63. The van der Waals surface area contributed by atoms with Gasteiger partial charge < -0.3 is 23.5 Å². The Hall–Kier alpha value is -5.18. The molecule has 0 saturated carbocycles. The van der Waals surface area contributed by atoms with E-state index in [1.807, 2.05) is 12.1 Å². The lowest BCUT2D eigenvalue weighted by Crippen LogP contribution is -2.14. The number of methoxy groups -OCH3 is 4. The number of hydrogen-bond acceptors (Lipinski definition) is 8. The molecule has 0 N–H and O–H groups in total. The standard InChI is InChI=1S/C30H24N2O7/c1-36-24-14-18-13-21(29(34)38-3)28(30(35)39-4)27(20(18)16-25(24)37-2)17-9-11-31-26(15-17)32-12-10-23(33)19-7-5-6-8-22(19)32/h5-16H,1-4H3. The predicted octanol–water partition coefficient (Wildman–Crippen LogP) is 4.80. The summed E-state index contributed by atoms with van der Waals surface area (Å²) in [5, 5.41) is 1.77. The Labute approximate surface area is 223 Å². The first-order chi connectivity index (χ1) is 18.9. The van der Waals surface area contributed by atoms with Crippen LogP contribution >= 0.6 is 0 Å². The van der Waals surface area contributed by atoms with Crippen LogP contribution in [0.2, 0.25) is 0 Å². The molecule has 0 aliphatic rings. The number of ether oxygens (including phenoxy) is 4. The molecule has 0 amide bonds. The van der Waals surface area contributed by atoms with Crippen LogP contribution in [0.5, 0.6) is 11.5 Å². The summed E-state index contributed by atoms with van der Waals surface area (Å²) in [5.74, 6) is -0.0267. The van der Waals surface area contributed by atoms with E-state index in [4.69, 9.17) is 18.9 Å². The average molecular weight is 525 g/mol. The lowest BCUT2D eigenvalue weighted by molar-refractivity contribution is 0.0556. The SMILES string of the molecule is COC(=O)c1cc2cc(OC)c(OC)cc2c(-c2ccnc(-n3ccc(=O)c4ccccc43)c2)c1C(=O)OC. The highest BCUT2D eigenvalue weighted by atomic mass is 16.5. The fourth-order valence-corrected chi connectivity index (χ4v) is 4.72. The topological polar surface area (TPSA) is 106 Å². The van der Waals surface area contributed by atoms with Crippen LogP contribution in [0.3, 0.4) is 0 Å². The Kier molecular flexibility index (Phi) is 6.72. The second-order valence-corrected chi connectivity index (χ2v) is 8.56. The number of benzene rings is 3. The van der Waals surface area contributed by atoms with E-state index in [1.165, 1.54) is 34.5 Å². The highest BCUT2D eigenvalue weighted by Crippen LogP contribution is 2.41. The molecule has 0 atom stereocenters. The maximum absolute atomic E-state index is 13.2. The van der Waals surface area contributed by atoms with E-state index in [0.717, 1.165) is 0 Å². The van der Waals surface area contributed by atoms with E-state index >= 15 is 0 Å². The number of carbonyl (C=O) groups is 2. The number of rotatable bonds is 6. The molecule has 2 aromatic heterocycles. The Balaban J connectivity index is 1.89. The third kappa shape index (κ3) is 4.33. The van der Waals surface area contributed by atoms with Crippen LogP contribution in [0.25, 0.3) is 38.6 Å². The zero-order chi connectivity index (χ0) is 27.7. The molecule has 39 heavy (non-hydrogen) atoms. The number of fused-ring (bicyclic) bond motifs is 2. The van der Waals surface area contributed by atoms with E-state index in [0.29, 0.717) is 50.1 Å². The van der Waals surface area contributed by atoms with Gasteiger partial charge in [-0.2, -0.15) is 0 Å². The molecule has 9 heteroatoms. The average Bonchev–Trinajstić information content (AvgIpc) is 2.98. The van der Waals surface area contributed by atoms with Crippen LogP contribution in [0.15, 0.2) is 77.9 Å². The van der Waals surface area contributed by atoms with Gasteiger partial charge in [0.2, 0.25) is 0 Å². The maximum Gasteiger partial charge on any atom is 0.339 e. The summed E-state index contributed by atoms with van der Waals surface area (Å²) >= 11 is 0. The van der Waals surface area contributed by atoms with Crippen molar-refractivity contribution < 1.29 is 28.5 Å². The number of para-hydroxylation sites is 1. The van der Waals surface area contributed by atoms with E-state index < -0.39 is 11.9 Å². The first-order valence-corrected chi connectivity index (χ1v) is 11.9. The normalized spacial score (nSPS) is 10.9. The molecule has 5 rings (SSSR count). The number of pyridine rings is 2. The number of esters is 2. The quantitative estimate of drug-likeness (QED) is 0.292. The van der Waals surface area contributed by atoms with Crippen LogP contribution in [0, 0.1) is 0 Å². The molecule has 5 aromatic rings. The summed E-state index contributed by atoms with van der Waals surface area (Å²) in [7, 11) is 5.52. The second kappa shape index (κ2) is 10.3. The van der Waals surface area contributed by atoms with Gasteiger partial charge >= 0.3 is 11.9 Å². The third-order valence-electron chi connectivity index (χ3n) is 6.52. The van der Waals surface area contributed by atoms with Crippen molar-refractivity contribution in [2.45, 2.75) is 0 Å². The van der Waals surface area contributed by atoms with Crippen molar-refractivity contribution in [2.75, 3.05) is 28.4 Å². The number of carbonyl (C=O) groups excluding carboxylic acids is 2. The molecule has 0 spiro atoms. The lowest BCUT2D eigenvalue weighted by Gasteiger charge is -2.18. The van der Waals surface area contributed by atoms with Crippen LogP contribution in [-0.2, 0) is 9.47 Å². The summed E-state index contributed by atoms with van der Waals surface area (Å²) in [6.07, 6.45) is 3.24. The summed E-state index contributed by atoms with van der Waals surface area (Å²) in [6, 6.07) is 17.2. The van der Waals surface area contributed by atoms with Gasteiger partial charge in [-0.3, -0.25) is 4.79 Å². The van der Waals surface area contributed by atoms with Crippen molar-refractivity contribution in [2.24, 2.45) is 0 Å². The fourth-order valence-electron chi connectivity index (χ4n) is 4.72. The Morgan fingerprint density at radius 2 is 1.51 bits per heavy atom. The van der Waals surface area contributed by atoms with Gasteiger partial charge in [-0.1, -0.05) is 12.1 Å². The Bertz CT molecular complexity index is 1820.